The Morgan fingerprint density at radius 3 is 2.67 bits per heavy atom. The average molecular weight is 250 g/mol. The van der Waals surface area contributed by atoms with Gasteiger partial charge in [-0.25, -0.2) is 0 Å². The van der Waals surface area contributed by atoms with E-state index in [-0.39, 0.29) is 5.91 Å². The standard InChI is InChI=1S/C13H18N2O3/c1-17-10-4-3-9(11(7-10)18-2)8-15-12(16)13(14)5-6-13/h3-4,7H,5-6,8,14H2,1-2H3,(H,15,16). The Labute approximate surface area is 106 Å². The van der Waals surface area contributed by atoms with Crippen LogP contribution in [0.5, 0.6) is 11.5 Å². The molecule has 1 saturated carbocycles. The second-order valence-corrected chi connectivity index (χ2v) is 4.52. The van der Waals surface area contributed by atoms with Crippen molar-refractivity contribution in [3.05, 3.63) is 23.8 Å². The lowest BCUT2D eigenvalue weighted by atomic mass is 10.1. The fourth-order valence-electron chi connectivity index (χ4n) is 1.71. The number of hydrogen-bond acceptors (Lipinski definition) is 4. The molecule has 1 aliphatic rings. The summed E-state index contributed by atoms with van der Waals surface area (Å²) in [6, 6.07) is 5.49. The number of benzene rings is 1. The minimum atomic E-state index is -0.639. The van der Waals surface area contributed by atoms with Gasteiger partial charge in [-0.3, -0.25) is 4.79 Å². The van der Waals surface area contributed by atoms with E-state index in [1.807, 2.05) is 12.1 Å². The third-order valence-corrected chi connectivity index (χ3v) is 3.17. The SMILES string of the molecule is COc1ccc(CNC(=O)C2(N)CC2)c(OC)c1. The molecule has 0 bridgehead atoms. The fourth-order valence-corrected chi connectivity index (χ4v) is 1.71. The molecule has 18 heavy (non-hydrogen) atoms. The van der Waals surface area contributed by atoms with E-state index in [0.29, 0.717) is 12.3 Å². The largest absolute Gasteiger partial charge is 0.497 e. The van der Waals surface area contributed by atoms with Crippen LogP contribution in [-0.4, -0.2) is 25.7 Å². The molecule has 5 nitrogen and oxygen atoms in total. The molecule has 1 fully saturated rings. The molecular formula is C13H18N2O3. The Morgan fingerprint density at radius 2 is 2.11 bits per heavy atom. The molecule has 0 radical (unpaired) electrons. The molecule has 1 aromatic carbocycles. The number of rotatable bonds is 5. The van der Waals surface area contributed by atoms with Gasteiger partial charge in [-0.05, 0) is 25.0 Å². The highest BCUT2D eigenvalue weighted by Gasteiger charge is 2.45. The summed E-state index contributed by atoms with van der Waals surface area (Å²) in [6.07, 6.45) is 1.52. The van der Waals surface area contributed by atoms with Crippen LogP contribution >= 0.6 is 0 Å². The Hall–Kier alpha value is -1.75. The van der Waals surface area contributed by atoms with Gasteiger partial charge in [-0.1, -0.05) is 0 Å². The third kappa shape index (κ3) is 2.56. The van der Waals surface area contributed by atoms with Gasteiger partial charge in [-0.15, -0.1) is 0 Å². The van der Waals surface area contributed by atoms with Crippen molar-refractivity contribution >= 4 is 5.91 Å². The molecule has 0 aromatic heterocycles. The molecule has 0 spiro atoms. The van der Waals surface area contributed by atoms with Crippen LogP contribution in [0.1, 0.15) is 18.4 Å². The van der Waals surface area contributed by atoms with Crippen molar-refractivity contribution in [1.82, 2.24) is 5.32 Å². The van der Waals surface area contributed by atoms with E-state index < -0.39 is 5.54 Å². The third-order valence-electron chi connectivity index (χ3n) is 3.17. The van der Waals surface area contributed by atoms with Crippen LogP contribution in [0.25, 0.3) is 0 Å². The van der Waals surface area contributed by atoms with Crippen LogP contribution in [0.3, 0.4) is 0 Å². The fraction of sp³-hybridized carbons (Fsp3) is 0.462. The molecule has 1 aliphatic carbocycles. The smallest absolute Gasteiger partial charge is 0.240 e. The highest BCUT2D eigenvalue weighted by molar-refractivity contribution is 5.88. The number of carbonyl (C=O) groups excluding carboxylic acids is 1. The molecule has 98 valence electrons. The summed E-state index contributed by atoms with van der Waals surface area (Å²) < 4.78 is 10.4. The summed E-state index contributed by atoms with van der Waals surface area (Å²) in [5, 5.41) is 2.83. The monoisotopic (exact) mass is 250 g/mol. The predicted octanol–water partition coefficient (Wildman–Crippen LogP) is 0.811. The predicted molar refractivity (Wildman–Crippen MR) is 67.5 cm³/mol. The van der Waals surface area contributed by atoms with Crippen LogP contribution in [-0.2, 0) is 11.3 Å². The Kier molecular flexibility index (Phi) is 3.43. The van der Waals surface area contributed by atoms with Crippen molar-refractivity contribution < 1.29 is 14.3 Å². The molecule has 1 amide bonds. The molecule has 0 saturated heterocycles. The molecule has 5 heteroatoms. The van der Waals surface area contributed by atoms with Gasteiger partial charge in [0.15, 0.2) is 0 Å². The minimum Gasteiger partial charge on any atom is -0.497 e. The van der Waals surface area contributed by atoms with E-state index in [1.54, 1.807) is 20.3 Å². The van der Waals surface area contributed by atoms with Gasteiger partial charge in [0.2, 0.25) is 5.91 Å². The van der Waals surface area contributed by atoms with Crippen LogP contribution in [0.2, 0.25) is 0 Å². The average Bonchev–Trinajstić information content (AvgIpc) is 3.15. The number of ether oxygens (including phenoxy) is 2. The van der Waals surface area contributed by atoms with Gasteiger partial charge in [0.1, 0.15) is 11.5 Å². The Balaban J connectivity index is 2.02. The van der Waals surface area contributed by atoms with E-state index in [1.165, 1.54) is 0 Å². The molecule has 0 atom stereocenters. The van der Waals surface area contributed by atoms with Gasteiger partial charge >= 0.3 is 0 Å². The van der Waals surface area contributed by atoms with E-state index in [4.69, 9.17) is 15.2 Å². The van der Waals surface area contributed by atoms with Gasteiger partial charge in [0.05, 0.1) is 19.8 Å². The maximum Gasteiger partial charge on any atom is 0.240 e. The van der Waals surface area contributed by atoms with Crippen molar-refractivity contribution in [2.24, 2.45) is 5.73 Å². The molecule has 0 aliphatic heterocycles. The number of methoxy groups -OCH3 is 2. The van der Waals surface area contributed by atoms with E-state index in [0.717, 1.165) is 24.2 Å². The zero-order valence-corrected chi connectivity index (χ0v) is 10.7. The molecule has 0 unspecified atom stereocenters. The summed E-state index contributed by atoms with van der Waals surface area (Å²) in [5.74, 6) is 1.32. The first kappa shape index (κ1) is 12.7. The summed E-state index contributed by atoms with van der Waals surface area (Å²) in [6.45, 7) is 0.408. The van der Waals surface area contributed by atoms with Crippen molar-refractivity contribution in [2.45, 2.75) is 24.9 Å². The lowest BCUT2D eigenvalue weighted by Crippen LogP contribution is -2.42. The number of carbonyl (C=O) groups is 1. The first-order valence-electron chi connectivity index (χ1n) is 5.87. The van der Waals surface area contributed by atoms with Crippen LogP contribution in [0, 0.1) is 0 Å². The second kappa shape index (κ2) is 4.86. The summed E-state index contributed by atoms with van der Waals surface area (Å²) in [7, 11) is 3.19. The van der Waals surface area contributed by atoms with Gasteiger partial charge in [-0.2, -0.15) is 0 Å². The molecule has 3 N–H and O–H groups in total. The Bertz CT molecular complexity index is 456. The van der Waals surface area contributed by atoms with E-state index >= 15 is 0 Å². The van der Waals surface area contributed by atoms with Gasteiger partial charge < -0.3 is 20.5 Å². The van der Waals surface area contributed by atoms with Crippen LogP contribution in [0.4, 0.5) is 0 Å². The summed E-state index contributed by atoms with van der Waals surface area (Å²) >= 11 is 0. The normalized spacial score (nSPS) is 15.9. The summed E-state index contributed by atoms with van der Waals surface area (Å²) in [4.78, 5) is 11.7. The van der Waals surface area contributed by atoms with Crippen molar-refractivity contribution in [1.29, 1.82) is 0 Å². The van der Waals surface area contributed by atoms with Crippen molar-refractivity contribution in [3.8, 4) is 11.5 Å². The molecule has 2 rings (SSSR count). The molecule has 1 aromatic rings. The topological polar surface area (TPSA) is 73.6 Å². The summed E-state index contributed by atoms with van der Waals surface area (Å²) in [5.41, 5.74) is 6.07. The first-order chi connectivity index (χ1) is 8.59. The lowest BCUT2D eigenvalue weighted by molar-refractivity contribution is -0.123. The second-order valence-electron chi connectivity index (χ2n) is 4.52. The highest BCUT2D eigenvalue weighted by atomic mass is 16.5. The minimum absolute atomic E-state index is 0.0969. The van der Waals surface area contributed by atoms with Crippen molar-refractivity contribution in [2.75, 3.05) is 14.2 Å². The number of hydrogen-bond donors (Lipinski definition) is 2. The first-order valence-corrected chi connectivity index (χ1v) is 5.87. The molecular weight excluding hydrogens is 232 g/mol. The van der Waals surface area contributed by atoms with Crippen LogP contribution in [0.15, 0.2) is 18.2 Å². The Morgan fingerprint density at radius 1 is 1.39 bits per heavy atom. The quantitative estimate of drug-likeness (QED) is 0.811. The van der Waals surface area contributed by atoms with Crippen molar-refractivity contribution in [3.63, 3.8) is 0 Å². The lowest BCUT2D eigenvalue weighted by Gasteiger charge is -2.13. The maximum absolute atomic E-state index is 11.7. The maximum atomic E-state index is 11.7. The number of nitrogens with two attached hydrogens (primary N) is 1. The van der Waals surface area contributed by atoms with Crippen LogP contribution < -0.4 is 20.5 Å². The molecule has 0 heterocycles. The van der Waals surface area contributed by atoms with Gasteiger partial charge in [0.25, 0.3) is 0 Å². The zero-order chi connectivity index (χ0) is 13.2. The van der Waals surface area contributed by atoms with E-state index in [9.17, 15) is 4.79 Å². The number of nitrogens with one attached hydrogen (secondary N) is 1. The zero-order valence-electron chi connectivity index (χ0n) is 10.7. The van der Waals surface area contributed by atoms with Gasteiger partial charge in [0, 0.05) is 18.2 Å². The highest BCUT2D eigenvalue weighted by Crippen LogP contribution is 2.32. The van der Waals surface area contributed by atoms with E-state index in [2.05, 4.69) is 5.32 Å². The number of amides is 1.